The summed E-state index contributed by atoms with van der Waals surface area (Å²) in [7, 11) is 0. The van der Waals surface area contributed by atoms with E-state index in [4.69, 9.17) is 4.74 Å². The summed E-state index contributed by atoms with van der Waals surface area (Å²) in [5, 5.41) is 0. The third-order valence-corrected chi connectivity index (χ3v) is 1.28. The van der Waals surface area contributed by atoms with Gasteiger partial charge in [-0.25, -0.2) is 0 Å². The van der Waals surface area contributed by atoms with E-state index in [9.17, 15) is 0 Å². The van der Waals surface area contributed by atoms with E-state index in [2.05, 4.69) is 24.6 Å². The van der Waals surface area contributed by atoms with E-state index in [-0.39, 0.29) is 0 Å². The van der Waals surface area contributed by atoms with Gasteiger partial charge in [0.2, 0.25) is 0 Å². The van der Waals surface area contributed by atoms with Crippen LogP contribution < -0.4 is 0 Å². The zero-order valence-corrected chi connectivity index (χ0v) is 5.24. The number of hydrogen-bond acceptors (Lipinski definition) is 1. The Kier molecular flexibility index (Phi) is 1.72. The van der Waals surface area contributed by atoms with Gasteiger partial charge in [-0.15, -0.1) is 11.5 Å². The Morgan fingerprint density at radius 2 is 1.56 bits per heavy atom. The Hall–Kier alpha value is -1.00. The molecule has 0 amide bonds. The van der Waals surface area contributed by atoms with Crippen LogP contribution in [-0.4, -0.2) is 13.2 Å². The highest BCUT2D eigenvalue weighted by molar-refractivity contribution is 5.32. The summed E-state index contributed by atoms with van der Waals surface area (Å²) in [6.45, 7) is 8.25. The lowest BCUT2D eigenvalue weighted by atomic mass is 10.2. The smallest absolute Gasteiger partial charge is 0.0803 e. The molecule has 1 nitrogen and oxygen atoms in total. The van der Waals surface area contributed by atoms with E-state index in [1.807, 2.05) is 0 Å². The van der Waals surface area contributed by atoms with Crippen LogP contribution >= 0.6 is 0 Å². The molecule has 0 aromatic rings. The number of hydrogen-bond donors (Lipinski definition) is 0. The highest BCUT2D eigenvalue weighted by Gasteiger charge is 2.11. The third-order valence-electron chi connectivity index (χ3n) is 1.28. The number of ether oxygens (including phenoxy) is 1. The van der Waals surface area contributed by atoms with E-state index in [1.165, 1.54) is 0 Å². The largest absolute Gasteiger partial charge is 0.371 e. The molecule has 0 radical (unpaired) electrons. The maximum atomic E-state index is 5.07. The molecule has 1 aliphatic heterocycles. The van der Waals surface area contributed by atoms with Crippen molar-refractivity contribution in [1.29, 1.82) is 0 Å². The first kappa shape index (κ1) is 6.12. The van der Waals surface area contributed by atoms with Gasteiger partial charge < -0.3 is 4.74 Å². The lowest BCUT2D eigenvalue weighted by Gasteiger charge is -1.84. The molecule has 46 valence electrons. The molecule has 1 rings (SSSR count). The summed E-state index contributed by atoms with van der Waals surface area (Å²) in [5.41, 5.74) is 7.52. The number of rotatable bonds is 0. The predicted molar refractivity (Wildman–Crippen MR) is 36.1 cm³/mol. The molecule has 0 saturated carbocycles. The van der Waals surface area contributed by atoms with Crippen molar-refractivity contribution in [3.05, 3.63) is 35.8 Å². The molecule has 0 bridgehead atoms. The van der Waals surface area contributed by atoms with Crippen LogP contribution in [0.25, 0.3) is 0 Å². The van der Waals surface area contributed by atoms with E-state index in [0.717, 1.165) is 11.1 Å². The fourth-order valence-corrected chi connectivity index (χ4v) is 0.745. The van der Waals surface area contributed by atoms with Crippen LogP contribution in [0.15, 0.2) is 35.8 Å². The van der Waals surface area contributed by atoms with E-state index >= 15 is 0 Å². The normalized spacial score (nSPS) is 17.3. The van der Waals surface area contributed by atoms with Crippen LogP contribution in [0, 0.1) is 0 Å². The molecule has 1 fully saturated rings. The lowest BCUT2D eigenvalue weighted by Crippen LogP contribution is -1.78. The maximum Gasteiger partial charge on any atom is 0.0803 e. The van der Waals surface area contributed by atoms with Gasteiger partial charge in [0.1, 0.15) is 0 Å². The minimum Gasteiger partial charge on any atom is -0.371 e. The van der Waals surface area contributed by atoms with Gasteiger partial charge in [-0.2, -0.15) is 0 Å². The molecule has 0 aliphatic carbocycles. The van der Waals surface area contributed by atoms with Gasteiger partial charge in [-0.1, -0.05) is 13.2 Å². The molecule has 0 unspecified atom stereocenters. The molecule has 0 N–H and O–H groups in total. The average molecular weight is 120 g/mol. The SMILES string of the molecule is C=C=C1COCC1=C=C. The van der Waals surface area contributed by atoms with Crippen molar-refractivity contribution >= 4 is 0 Å². The van der Waals surface area contributed by atoms with Gasteiger partial charge in [0.05, 0.1) is 13.2 Å². The summed E-state index contributed by atoms with van der Waals surface area (Å²) < 4.78 is 5.07. The van der Waals surface area contributed by atoms with Crippen LogP contribution in [-0.2, 0) is 4.74 Å². The zero-order valence-electron chi connectivity index (χ0n) is 5.24. The summed E-state index contributed by atoms with van der Waals surface area (Å²) >= 11 is 0. The molecule has 1 heterocycles. The fraction of sp³-hybridized carbons (Fsp3) is 0.250. The average Bonchev–Trinajstić information content (AvgIpc) is 2.33. The van der Waals surface area contributed by atoms with Crippen LogP contribution in [0.1, 0.15) is 0 Å². The fourth-order valence-electron chi connectivity index (χ4n) is 0.745. The monoisotopic (exact) mass is 120 g/mol. The van der Waals surface area contributed by atoms with E-state index < -0.39 is 0 Å². The van der Waals surface area contributed by atoms with Crippen LogP contribution in [0.4, 0.5) is 0 Å². The second-order valence-electron chi connectivity index (χ2n) is 1.80. The van der Waals surface area contributed by atoms with E-state index in [0.29, 0.717) is 13.2 Å². The van der Waals surface area contributed by atoms with Gasteiger partial charge in [-0.05, 0) is 0 Å². The minimum absolute atomic E-state index is 0.612. The standard InChI is InChI=1S/C8H8O/c1-3-7-5-9-6-8(7)4-2/h1-2,5-6H2. The second kappa shape index (κ2) is 2.52. The van der Waals surface area contributed by atoms with Gasteiger partial charge in [0, 0.05) is 11.1 Å². The molecule has 0 spiro atoms. The quantitative estimate of drug-likeness (QED) is 0.439. The van der Waals surface area contributed by atoms with Gasteiger partial charge in [0.15, 0.2) is 0 Å². The predicted octanol–water partition coefficient (Wildman–Crippen LogP) is 1.44. The first-order chi connectivity index (χ1) is 4.38. The topological polar surface area (TPSA) is 9.23 Å². The van der Waals surface area contributed by atoms with Crippen molar-refractivity contribution < 1.29 is 4.74 Å². The van der Waals surface area contributed by atoms with Crippen LogP contribution in [0.5, 0.6) is 0 Å². The second-order valence-corrected chi connectivity index (χ2v) is 1.80. The minimum atomic E-state index is 0.612. The molecule has 0 aromatic heterocycles. The van der Waals surface area contributed by atoms with Crippen molar-refractivity contribution in [1.82, 2.24) is 0 Å². The molecule has 1 heteroatoms. The van der Waals surface area contributed by atoms with Gasteiger partial charge in [-0.3, -0.25) is 0 Å². The highest BCUT2D eigenvalue weighted by atomic mass is 16.5. The Balaban J connectivity index is 3.01. The van der Waals surface area contributed by atoms with Crippen LogP contribution in [0.3, 0.4) is 0 Å². The zero-order chi connectivity index (χ0) is 6.69. The molecule has 0 aromatic carbocycles. The first-order valence-electron chi connectivity index (χ1n) is 2.74. The lowest BCUT2D eigenvalue weighted by molar-refractivity contribution is 0.215. The summed E-state index contributed by atoms with van der Waals surface area (Å²) in [6, 6.07) is 0. The van der Waals surface area contributed by atoms with Crippen molar-refractivity contribution in [2.45, 2.75) is 0 Å². The van der Waals surface area contributed by atoms with E-state index in [1.54, 1.807) is 0 Å². The van der Waals surface area contributed by atoms with Gasteiger partial charge in [0.25, 0.3) is 0 Å². The maximum absolute atomic E-state index is 5.07. The highest BCUT2D eigenvalue weighted by Crippen LogP contribution is 2.14. The van der Waals surface area contributed by atoms with Crippen molar-refractivity contribution in [2.75, 3.05) is 13.2 Å². The Labute approximate surface area is 54.6 Å². The van der Waals surface area contributed by atoms with Gasteiger partial charge >= 0.3 is 0 Å². The Morgan fingerprint density at radius 1 is 1.11 bits per heavy atom. The third kappa shape index (κ3) is 1.04. The van der Waals surface area contributed by atoms with Crippen molar-refractivity contribution in [3.8, 4) is 0 Å². The van der Waals surface area contributed by atoms with Crippen molar-refractivity contribution in [2.24, 2.45) is 0 Å². The Morgan fingerprint density at radius 3 is 1.89 bits per heavy atom. The molecular formula is C8H8O. The molecular weight excluding hydrogens is 112 g/mol. The van der Waals surface area contributed by atoms with Crippen molar-refractivity contribution in [3.63, 3.8) is 0 Å². The summed E-state index contributed by atoms with van der Waals surface area (Å²) in [5.74, 6) is 0. The molecule has 1 aliphatic rings. The molecule has 1 saturated heterocycles. The first-order valence-corrected chi connectivity index (χ1v) is 2.74. The summed E-state index contributed by atoms with van der Waals surface area (Å²) in [4.78, 5) is 0. The summed E-state index contributed by atoms with van der Waals surface area (Å²) in [6.07, 6.45) is 0. The molecule has 0 atom stereocenters. The van der Waals surface area contributed by atoms with Crippen LogP contribution in [0.2, 0.25) is 0 Å². The Bertz CT molecular complexity index is 189. The molecule has 9 heavy (non-hydrogen) atoms.